The fourth-order valence-electron chi connectivity index (χ4n) is 2.92. The second kappa shape index (κ2) is 5.11. The molecule has 2 rings (SSSR count). The van der Waals surface area contributed by atoms with Crippen molar-refractivity contribution in [2.45, 2.75) is 58.5 Å². The van der Waals surface area contributed by atoms with Gasteiger partial charge in [0.15, 0.2) is 5.11 Å². The third-order valence-electron chi connectivity index (χ3n) is 3.87. The molecule has 2 N–H and O–H groups in total. The number of thiocarbonyl (C=S) groups is 1. The monoisotopic (exact) mass is 255 g/mol. The number of rotatable bonds is 3. The Morgan fingerprint density at radius 1 is 1.53 bits per heavy atom. The molecule has 3 nitrogen and oxygen atoms in total. The van der Waals surface area contributed by atoms with Crippen LogP contribution in [0.2, 0.25) is 0 Å². The molecule has 0 aromatic rings. The first kappa shape index (κ1) is 13.1. The minimum Gasteiger partial charge on any atom is -0.342 e. The van der Waals surface area contributed by atoms with E-state index in [9.17, 15) is 0 Å². The highest BCUT2D eigenvalue weighted by Gasteiger charge is 2.42. The van der Waals surface area contributed by atoms with Crippen LogP contribution in [0, 0.1) is 11.8 Å². The van der Waals surface area contributed by atoms with E-state index in [0.717, 1.165) is 23.5 Å². The third-order valence-corrected chi connectivity index (χ3v) is 4.19. The van der Waals surface area contributed by atoms with Gasteiger partial charge < -0.3 is 5.32 Å². The van der Waals surface area contributed by atoms with Crippen molar-refractivity contribution in [1.82, 2.24) is 15.8 Å². The standard InChI is InChI=1S/C13H25N3S/c1-10(2)6-8-16-12(17)14-13(15-16)7-4-5-11(3)9-13/h10-11,15H,4-9H2,1-3H3,(H,14,17)/t11-,13-/m0/s1. The van der Waals surface area contributed by atoms with Crippen LogP contribution >= 0.6 is 12.2 Å². The van der Waals surface area contributed by atoms with Crippen molar-refractivity contribution in [1.29, 1.82) is 0 Å². The Balaban J connectivity index is 1.93. The average molecular weight is 255 g/mol. The van der Waals surface area contributed by atoms with Gasteiger partial charge in [-0.25, -0.2) is 5.43 Å². The summed E-state index contributed by atoms with van der Waals surface area (Å²) in [5, 5.41) is 6.55. The van der Waals surface area contributed by atoms with Crippen LogP contribution in [0.25, 0.3) is 0 Å². The van der Waals surface area contributed by atoms with Crippen LogP contribution in [0.4, 0.5) is 0 Å². The van der Waals surface area contributed by atoms with Gasteiger partial charge in [-0.2, -0.15) is 0 Å². The Morgan fingerprint density at radius 2 is 2.29 bits per heavy atom. The Bertz CT molecular complexity index is 292. The lowest BCUT2D eigenvalue weighted by molar-refractivity contribution is 0.133. The molecular weight excluding hydrogens is 230 g/mol. The first-order valence-electron chi connectivity index (χ1n) is 6.88. The predicted molar refractivity (Wildman–Crippen MR) is 75.4 cm³/mol. The lowest BCUT2D eigenvalue weighted by Gasteiger charge is -2.36. The summed E-state index contributed by atoms with van der Waals surface area (Å²) in [6, 6.07) is 0. The number of nitrogens with one attached hydrogen (secondary N) is 2. The zero-order chi connectivity index (χ0) is 12.5. The summed E-state index contributed by atoms with van der Waals surface area (Å²) >= 11 is 5.44. The van der Waals surface area contributed by atoms with Gasteiger partial charge in [-0.15, -0.1) is 0 Å². The molecule has 1 heterocycles. The normalized spacial score (nSPS) is 33.5. The van der Waals surface area contributed by atoms with E-state index in [1.165, 1.54) is 32.1 Å². The van der Waals surface area contributed by atoms with Crippen LogP contribution in [-0.4, -0.2) is 22.3 Å². The molecule has 2 aliphatic rings. The molecule has 2 atom stereocenters. The zero-order valence-electron chi connectivity index (χ0n) is 11.3. The van der Waals surface area contributed by atoms with Gasteiger partial charge in [0.1, 0.15) is 5.66 Å². The molecule has 1 saturated heterocycles. The van der Waals surface area contributed by atoms with Crippen LogP contribution in [0.15, 0.2) is 0 Å². The largest absolute Gasteiger partial charge is 0.342 e. The summed E-state index contributed by atoms with van der Waals surface area (Å²) in [5.41, 5.74) is 3.68. The van der Waals surface area contributed by atoms with Crippen LogP contribution in [0.3, 0.4) is 0 Å². The maximum atomic E-state index is 5.44. The summed E-state index contributed by atoms with van der Waals surface area (Å²) in [6.07, 6.45) is 6.20. The van der Waals surface area contributed by atoms with Gasteiger partial charge >= 0.3 is 0 Å². The molecule has 0 aromatic heterocycles. The SMILES string of the molecule is CC(C)CCN1N[C@]2(CCC[C@H](C)C2)NC1=S. The van der Waals surface area contributed by atoms with E-state index in [0.29, 0.717) is 0 Å². The van der Waals surface area contributed by atoms with Gasteiger partial charge in [-0.3, -0.25) is 5.01 Å². The second-order valence-corrected chi connectivity index (χ2v) is 6.55. The zero-order valence-corrected chi connectivity index (χ0v) is 12.1. The molecule has 4 heteroatoms. The lowest BCUT2D eigenvalue weighted by atomic mass is 9.83. The molecule has 0 amide bonds. The minimum absolute atomic E-state index is 0.0612. The van der Waals surface area contributed by atoms with Gasteiger partial charge in [0.2, 0.25) is 0 Å². The van der Waals surface area contributed by atoms with Gasteiger partial charge in [0.25, 0.3) is 0 Å². The Hall–Kier alpha value is -0.350. The minimum atomic E-state index is 0.0612. The molecule has 1 spiro atoms. The van der Waals surface area contributed by atoms with E-state index in [-0.39, 0.29) is 5.66 Å². The smallest absolute Gasteiger partial charge is 0.185 e. The van der Waals surface area contributed by atoms with Crippen LogP contribution in [0.1, 0.15) is 52.9 Å². The highest BCUT2D eigenvalue weighted by Crippen LogP contribution is 2.33. The quantitative estimate of drug-likeness (QED) is 0.758. The molecule has 0 bridgehead atoms. The van der Waals surface area contributed by atoms with E-state index < -0.39 is 0 Å². The predicted octanol–water partition coefficient (Wildman–Crippen LogP) is 2.63. The average Bonchev–Trinajstić information content (AvgIpc) is 2.51. The van der Waals surface area contributed by atoms with E-state index in [1.807, 2.05) is 0 Å². The van der Waals surface area contributed by atoms with E-state index in [1.54, 1.807) is 0 Å². The molecule has 1 saturated carbocycles. The van der Waals surface area contributed by atoms with E-state index >= 15 is 0 Å². The molecule has 0 unspecified atom stereocenters. The highest BCUT2D eigenvalue weighted by atomic mass is 32.1. The Kier molecular flexibility index (Phi) is 3.93. The molecule has 0 aromatic carbocycles. The number of hydrogen-bond acceptors (Lipinski definition) is 2. The summed E-state index contributed by atoms with van der Waals surface area (Å²) in [4.78, 5) is 0. The van der Waals surface area contributed by atoms with Gasteiger partial charge in [0.05, 0.1) is 0 Å². The van der Waals surface area contributed by atoms with Crippen LogP contribution in [-0.2, 0) is 0 Å². The maximum absolute atomic E-state index is 5.44. The second-order valence-electron chi connectivity index (χ2n) is 6.16. The maximum Gasteiger partial charge on any atom is 0.185 e. The van der Waals surface area contributed by atoms with Crippen molar-refractivity contribution >= 4 is 17.3 Å². The van der Waals surface area contributed by atoms with E-state index in [4.69, 9.17) is 12.2 Å². The van der Waals surface area contributed by atoms with Crippen molar-refractivity contribution in [3.05, 3.63) is 0 Å². The van der Waals surface area contributed by atoms with Crippen molar-refractivity contribution in [2.75, 3.05) is 6.54 Å². The summed E-state index contributed by atoms with van der Waals surface area (Å²) in [6.45, 7) is 7.86. The van der Waals surface area contributed by atoms with Crippen molar-refractivity contribution in [3.8, 4) is 0 Å². The number of nitrogens with zero attached hydrogens (tertiary/aromatic N) is 1. The van der Waals surface area contributed by atoms with E-state index in [2.05, 4.69) is 36.5 Å². The number of hydrazine groups is 1. The summed E-state index contributed by atoms with van der Waals surface area (Å²) in [7, 11) is 0. The Labute approximate surface area is 110 Å². The Morgan fingerprint density at radius 3 is 2.94 bits per heavy atom. The molecule has 2 fully saturated rings. The molecule has 98 valence electrons. The fourth-order valence-corrected chi connectivity index (χ4v) is 3.25. The molecular formula is C13H25N3S. The topological polar surface area (TPSA) is 27.3 Å². The van der Waals surface area contributed by atoms with Crippen molar-refractivity contribution in [2.24, 2.45) is 11.8 Å². The van der Waals surface area contributed by atoms with Crippen LogP contribution in [0.5, 0.6) is 0 Å². The van der Waals surface area contributed by atoms with Gasteiger partial charge in [-0.05, 0) is 49.7 Å². The molecule has 0 radical (unpaired) electrons. The van der Waals surface area contributed by atoms with Gasteiger partial charge in [-0.1, -0.05) is 27.2 Å². The van der Waals surface area contributed by atoms with Gasteiger partial charge in [0, 0.05) is 6.54 Å². The lowest BCUT2D eigenvalue weighted by Crippen LogP contribution is -2.53. The number of hydrogen-bond donors (Lipinski definition) is 2. The first-order chi connectivity index (χ1) is 8.01. The fraction of sp³-hybridized carbons (Fsp3) is 0.923. The highest BCUT2D eigenvalue weighted by molar-refractivity contribution is 7.80. The van der Waals surface area contributed by atoms with Crippen molar-refractivity contribution < 1.29 is 0 Å². The van der Waals surface area contributed by atoms with Crippen molar-refractivity contribution in [3.63, 3.8) is 0 Å². The molecule has 1 aliphatic carbocycles. The molecule has 17 heavy (non-hydrogen) atoms. The first-order valence-corrected chi connectivity index (χ1v) is 7.29. The third kappa shape index (κ3) is 3.10. The summed E-state index contributed by atoms with van der Waals surface area (Å²) < 4.78 is 0. The van der Waals surface area contributed by atoms with Crippen LogP contribution < -0.4 is 10.7 Å². The molecule has 1 aliphatic heterocycles. The summed E-state index contributed by atoms with van der Waals surface area (Å²) in [5.74, 6) is 1.51.